The third-order valence-corrected chi connectivity index (χ3v) is 7.34. The number of hydrogen-bond acceptors (Lipinski definition) is 8. The number of aliphatic carboxylic acids is 1. The van der Waals surface area contributed by atoms with Crippen molar-refractivity contribution in [2.24, 2.45) is 0 Å². The van der Waals surface area contributed by atoms with Crippen LogP contribution < -0.4 is 5.32 Å². The van der Waals surface area contributed by atoms with E-state index in [0.29, 0.717) is 5.56 Å². The fraction of sp³-hybridized carbons (Fsp3) is 0.312. The van der Waals surface area contributed by atoms with Crippen LogP contribution in [-0.4, -0.2) is 67.3 Å². The first-order valence-electron chi connectivity index (χ1n) is 8.51. The Kier molecular flexibility index (Phi) is 5.71. The summed E-state index contributed by atoms with van der Waals surface area (Å²) >= 11 is 0. The molecule has 0 aliphatic carbocycles. The van der Waals surface area contributed by atoms with Crippen LogP contribution in [0.3, 0.4) is 0 Å². The van der Waals surface area contributed by atoms with E-state index in [9.17, 15) is 49.5 Å². The summed E-state index contributed by atoms with van der Waals surface area (Å²) in [5.41, 5.74) is -6.83. The molecule has 0 saturated carbocycles. The van der Waals surface area contributed by atoms with Crippen LogP contribution in [0.1, 0.15) is 5.56 Å². The predicted octanol–water partition coefficient (Wildman–Crippen LogP) is -0.527. The van der Waals surface area contributed by atoms with E-state index in [1.807, 2.05) is 0 Å². The molecule has 2 amide bonds. The lowest BCUT2D eigenvalue weighted by molar-refractivity contribution is -0.151. The minimum absolute atomic E-state index is 0.0792. The van der Waals surface area contributed by atoms with Crippen molar-refractivity contribution < 1.29 is 53.7 Å². The highest BCUT2D eigenvalue weighted by molar-refractivity contribution is 7.92. The Bertz CT molecular complexity index is 1220. The maximum atomic E-state index is 12.6. The molecule has 0 aromatic heterocycles. The van der Waals surface area contributed by atoms with Gasteiger partial charge in [0.05, 0.1) is 6.42 Å². The van der Waals surface area contributed by atoms with Gasteiger partial charge < -0.3 is 14.6 Å². The standard InChI is InChI=1S/C16H13F3N2O9S2/c17-16(18,19)32(28,29)30-9-7-31(26,27)14-11(13(23)21(14)12(9)15(24)25)20-10(22)6-8-4-2-1-3-5-8/h1-5,11,14H,6-7H2,(H,20,22)(H,24,25)/t11-,14-/m1/s1. The first-order chi connectivity index (χ1) is 14.7. The molecule has 2 atom stereocenters. The van der Waals surface area contributed by atoms with Crippen LogP contribution in [0, 0.1) is 0 Å². The number of benzene rings is 1. The van der Waals surface area contributed by atoms with E-state index in [1.165, 1.54) is 0 Å². The summed E-state index contributed by atoms with van der Waals surface area (Å²) in [6.07, 6.45) is -0.239. The molecule has 16 heteroatoms. The van der Waals surface area contributed by atoms with E-state index in [4.69, 9.17) is 0 Å². The molecule has 3 rings (SSSR count). The zero-order valence-corrected chi connectivity index (χ0v) is 17.2. The van der Waals surface area contributed by atoms with Gasteiger partial charge in [-0.05, 0) is 5.56 Å². The summed E-state index contributed by atoms with van der Waals surface area (Å²) in [6, 6.07) is 6.40. The lowest BCUT2D eigenvalue weighted by Crippen LogP contribution is -2.75. The molecular weight excluding hydrogens is 485 g/mol. The van der Waals surface area contributed by atoms with Gasteiger partial charge in [-0.15, -0.1) is 0 Å². The molecule has 2 N–H and O–H groups in total. The normalized spacial score (nSPS) is 22.6. The van der Waals surface area contributed by atoms with Gasteiger partial charge in [0.25, 0.3) is 5.91 Å². The first-order valence-corrected chi connectivity index (χ1v) is 11.6. The summed E-state index contributed by atoms with van der Waals surface area (Å²) in [4.78, 5) is 36.2. The topological polar surface area (TPSA) is 164 Å². The van der Waals surface area contributed by atoms with Crippen molar-refractivity contribution in [2.75, 3.05) is 5.75 Å². The lowest BCUT2D eigenvalue weighted by Gasteiger charge is -2.48. The van der Waals surface area contributed by atoms with Gasteiger partial charge in [-0.1, -0.05) is 30.3 Å². The average Bonchev–Trinajstić information content (AvgIpc) is 2.64. The quantitative estimate of drug-likeness (QED) is 0.298. The summed E-state index contributed by atoms with van der Waals surface area (Å²) in [7, 11) is -11.1. The molecule has 2 heterocycles. The number of fused-ring (bicyclic) bond motifs is 1. The molecular formula is C16H13F3N2O9S2. The van der Waals surface area contributed by atoms with Gasteiger partial charge in [0.1, 0.15) is 11.8 Å². The minimum Gasteiger partial charge on any atom is -0.476 e. The van der Waals surface area contributed by atoms with E-state index >= 15 is 0 Å². The Balaban J connectivity index is 1.91. The summed E-state index contributed by atoms with van der Waals surface area (Å²) < 4.78 is 89.1. The van der Waals surface area contributed by atoms with Crippen LogP contribution in [0.2, 0.25) is 0 Å². The van der Waals surface area contributed by atoms with Crippen LogP contribution in [0.25, 0.3) is 0 Å². The highest BCUT2D eigenvalue weighted by Gasteiger charge is 2.62. The maximum Gasteiger partial charge on any atom is 0.534 e. The molecule has 32 heavy (non-hydrogen) atoms. The maximum absolute atomic E-state index is 12.6. The third kappa shape index (κ3) is 4.14. The van der Waals surface area contributed by atoms with Crippen molar-refractivity contribution >= 4 is 37.7 Å². The smallest absolute Gasteiger partial charge is 0.476 e. The highest BCUT2D eigenvalue weighted by atomic mass is 32.2. The number of carbonyl (C=O) groups is 3. The number of nitrogens with zero attached hydrogens (tertiary/aromatic N) is 1. The number of carboxylic acid groups (broad SMARTS) is 1. The Labute approximate surface area is 178 Å². The van der Waals surface area contributed by atoms with Gasteiger partial charge >= 0.3 is 21.6 Å². The Morgan fingerprint density at radius 1 is 1.22 bits per heavy atom. The zero-order chi connectivity index (χ0) is 24.1. The van der Waals surface area contributed by atoms with Crippen molar-refractivity contribution in [3.8, 4) is 0 Å². The van der Waals surface area contributed by atoms with Gasteiger partial charge in [-0.3, -0.25) is 14.5 Å². The SMILES string of the molecule is O=C(Cc1ccccc1)N[C@@H]1C(=O)N2C(C(=O)O)=C(OS(=O)(=O)C(F)(F)F)CS(=O)(=O)[C@H]12. The number of halogens is 3. The number of amides is 2. The lowest BCUT2D eigenvalue weighted by atomic mass is 10.0. The van der Waals surface area contributed by atoms with Crippen molar-refractivity contribution in [1.29, 1.82) is 0 Å². The van der Waals surface area contributed by atoms with Crippen LogP contribution in [0.5, 0.6) is 0 Å². The highest BCUT2D eigenvalue weighted by Crippen LogP contribution is 2.39. The number of carboxylic acids is 1. The molecule has 2 aliphatic heterocycles. The zero-order valence-electron chi connectivity index (χ0n) is 15.6. The van der Waals surface area contributed by atoms with E-state index in [0.717, 1.165) is 0 Å². The second-order valence-corrected chi connectivity index (χ2v) is 10.3. The van der Waals surface area contributed by atoms with Crippen LogP contribution in [-0.2, 0) is 44.9 Å². The fourth-order valence-corrected chi connectivity index (χ4v) is 5.58. The van der Waals surface area contributed by atoms with Crippen molar-refractivity contribution in [1.82, 2.24) is 10.2 Å². The van der Waals surface area contributed by atoms with E-state index in [2.05, 4.69) is 9.50 Å². The molecule has 1 aromatic carbocycles. The third-order valence-electron chi connectivity index (χ3n) is 4.47. The van der Waals surface area contributed by atoms with Gasteiger partial charge in [-0.2, -0.15) is 21.6 Å². The summed E-state index contributed by atoms with van der Waals surface area (Å²) in [5, 5.41) is 9.49. The molecule has 11 nitrogen and oxygen atoms in total. The number of hydrogen-bond donors (Lipinski definition) is 2. The number of carbonyl (C=O) groups excluding carboxylic acids is 2. The molecule has 1 fully saturated rings. The molecule has 0 bridgehead atoms. The predicted molar refractivity (Wildman–Crippen MR) is 97.2 cm³/mol. The van der Waals surface area contributed by atoms with Crippen LogP contribution in [0.15, 0.2) is 41.8 Å². The number of β-lactam (4-membered cyclic amide) rings is 1. The van der Waals surface area contributed by atoms with Crippen molar-refractivity contribution in [3.63, 3.8) is 0 Å². The Morgan fingerprint density at radius 3 is 2.34 bits per heavy atom. The fourth-order valence-electron chi connectivity index (χ4n) is 3.14. The van der Waals surface area contributed by atoms with E-state index < -0.39 is 71.9 Å². The Hall–Kier alpha value is -3.14. The number of alkyl halides is 3. The first kappa shape index (κ1) is 23.5. The number of nitrogens with one attached hydrogen (secondary N) is 1. The van der Waals surface area contributed by atoms with Gasteiger partial charge in [0.15, 0.2) is 26.7 Å². The second kappa shape index (κ2) is 7.77. The van der Waals surface area contributed by atoms with Gasteiger partial charge in [0.2, 0.25) is 5.91 Å². The molecule has 1 saturated heterocycles. The summed E-state index contributed by atoms with van der Waals surface area (Å²) in [5.74, 6) is -7.29. The van der Waals surface area contributed by atoms with Crippen LogP contribution in [0.4, 0.5) is 13.2 Å². The molecule has 174 valence electrons. The number of rotatable bonds is 6. The molecule has 1 aromatic rings. The van der Waals surface area contributed by atoms with Crippen molar-refractivity contribution in [2.45, 2.75) is 23.3 Å². The minimum atomic E-state index is -6.41. The van der Waals surface area contributed by atoms with E-state index in [-0.39, 0.29) is 11.3 Å². The largest absolute Gasteiger partial charge is 0.534 e. The molecule has 0 unspecified atom stereocenters. The van der Waals surface area contributed by atoms with E-state index in [1.54, 1.807) is 30.3 Å². The molecule has 0 radical (unpaired) electrons. The number of sulfone groups is 1. The summed E-state index contributed by atoms with van der Waals surface area (Å²) in [6.45, 7) is 0. The Morgan fingerprint density at radius 2 is 1.81 bits per heavy atom. The van der Waals surface area contributed by atoms with Gasteiger partial charge in [0, 0.05) is 0 Å². The molecule has 2 aliphatic rings. The van der Waals surface area contributed by atoms with Gasteiger partial charge in [-0.25, -0.2) is 13.2 Å². The molecule has 0 spiro atoms. The second-order valence-electron chi connectivity index (χ2n) is 6.67. The van der Waals surface area contributed by atoms with Crippen LogP contribution >= 0.6 is 0 Å². The average molecular weight is 498 g/mol. The monoisotopic (exact) mass is 498 g/mol. The van der Waals surface area contributed by atoms with Crippen molar-refractivity contribution in [3.05, 3.63) is 47.4 Å².